The van der Waals surface area contributed by atoms with Crippen LogP contribution in [0.1, 0.15) is 178 Å². The summed E-state index contributed by atoms with van der Waals surface area (Å²) in [6.45, 7) is 22.3. The van der Waals surface area contributed by atoms with Gasteiger partial charge in [0.1, 0.15) is 6.10 Å². The van der Waals surface area contributed by atoms with Crippen molar-refractivity contribution >= 4 is 6.09 Å². The molecule has 8 atom stereocenters. The van der Waals surface area contributed by atoms with Gasteiger partial charge in [0.2, 0.25) is 0 Å². The standard InChI is InChI=1S/C43H79N3O2/c1-31(2)16-15-17-32(3)36-20-21-37-35-19-18-33-30-34(22-25-42(33,8)38(35)23-26-43(36,37)9)48-39(47)46(29-27-41(6,7)45)28-14-12-10-11-13-24-40(4,5)44/h18,31-32,34-38H,10-17,19-30,44-45H2,1-9H3/t32-,34+,35+,36-,37+,38?,42+,43-/m1/s1. The van der Waals surface area contributed by atoms with Crippen LogP contribution in [0, 0.1) is 46.3 Å². The van der Waals surface area contributed by atoms with Crippen molar-refractivity contribution in [1.82, 2.24) is 4.90 Å². The van der Waals surface area contributed by atoms with Crippen LogP contribution in [0.2, 0.25) is 0 Å². The Balaban J connectivity index is 1.32. The predicted molar refractivity (Wildman–Crippen MR) is 204 cm³/mol. The molecule has 4 aliphatic carbocycles. The molecule has 1 unspecified atom stereocenters. The van der Waals surface area contributed by atoms with Crippen LogP contribution >= 0.6 is 0 Å². The monoisotopic (exact) mass is 670 g/mol. The first kappa shape index (κ1) is 39.7. The molecule has 0 saturated heterocycles. The summed E-state index contributed by atoms with van der Waals surface area (Å²) in [5.74, 6) is 5.09. The zero-order valence-corrected chi connectivity index (χ0v) is 33.2. The molecule has 0 aromatic rings. The second kappa shape index (κ2) is 16.5. The predicted octanol–water partition coefficient (Wildman–Crippen LogP) is 11.0. The van der Waals surface area contributed by atoms with E-state index in [1.807, 2.05) is 18.7 Å². The third-order valence-electron chi connectivity index (χ3n) is 14.1. The van der Waals surface area contributed by atoms with E-state index in [0.29, 0.717) is 12.0 Å². The highest BCUT2D eigenvalue weighted by molar-refractivity contribution is 5.68. The molecule has 48 heavy (non-hydrogen) atoms. The van der Waals surface area contributed by atoms with Gasteiger partial charge < -0.3 is 21.1 Å². The first-order valence-electron chi connectivity index (χ1n) is 20.7. The fraction of sp³-hybridized carbons (Fsp3) is 0.930. The van der Waals surface area contributed by atoms with Crippen molar-refractivity contribution in [2.24, 2.45) is 57.8 Å². The summed E-state index contributed by atoms with van der Waals surface area (Å²) >= 11 is 0. The van der Waals surface area contributed by atoms with Gasteiger partial charge in [-0.1, -0.05) is 91.2 Å². The van der Waals surface area contributed by atoms with Crippen LogP contribution in [0.25, 0.3) is 0 Å². The second-order valence-electron chi connectivity index (χ2n) is 19.8. The Morgan fingerprint density at radius 3 is 2.23 bits per heavy atom. The van der Waals surface area contributed by atoms with Crippen LogP contribution in [0.3, 0.4) is 0 Å². The van der Waals surface area contributed by atoms with Gasteiger partial charge in [-0.25, -0.2) is 4.79 Å². The maximum atomic E-state index is 13.6. The molecule has 4 N–H and O–H groups in total. The summed E-state index contributed by atoms with van der Waals surface area (Å²) in [4.78, 5) is 15.6. The first-order valence-corrected chi connectivity index (χ1v) is 20.7. The van der Waals surface area contributed by atoms with E-state index in [4.69, 9.17) is 16.2 Å². The van der Waals surface area contributed by atoms with Gasteiger partial charge in [-0.05, 0) is 138 Å². The van der Waals surface area contributed by atoms with Gasteiger partial charge in [0.05, 0.1) is 0 Å². The van der Waals surface area contributed by atoms with Crippen molar-refractivity contribution in [2.45, 2.75) is 195 Å². The van der Waals surface area contributed by atoms with Crippen molar-refractivity contribution < 1.29 is 9.53 Å². The van der Waals surface area contributed by atoms with E-state index in [-0.39, 0.29) is 28.7 Å². The van der Waals surface area contributed by atoms with Crippen LogP contribution < -0.4 is 11.5 Å². The van der Waals surface area contributed by atoms with Crippen molar-refractivity contribution in [2.75, 3.05) is 13.1 Å². The number of fused-ring (bicyclic) bond motifs is 5. The Bertz CT molecular complexity index is 1060. The summed E-state index contributed by atoms with van der Waals surface area (Å²) in [5, 5.41) is 0. The molecule has 278 valence electrons. The summed E-state index contributed by atoms with van der Waals surface area (Å²) in [7, 11) is 0. The maximum Gasteiger partial charge on any atom is 0.410 e. The molecule has 5 heteroatoms. The average molecular weight is 670 g/mol. The zero-order valence-electron chi connectivity index (χ0n) is 33.2. The van der Waals surface area contributed by atoms with Gasteiger partial charge in [0, 0.05) is 30.6 Å². The maximum absolute atomic E-state index is 13.6. The van der Waals surface area contributed by atoms with Crippen molar-refractivity contribution in [3.8, 4) is 0 Å². The number of nitrogens with zero attached hydrogens (tertiary/aromatic N) is 1. The largest absolute Gasteiger partial charge is 0.446 e. The molecule has 3 fully saturated rings. The summed E-state index contributed by atoms with van der Waals surface area (Å²) in [5.41, 5.74) is 14.5. The Morgan fingerprint density at radius 1 is 0.854 bits per heavy atom. The summed E-state index contributed by atoms with van der Waals surface area (Å²) in [6.07, 6.45) is 24.3. The molecule has 3 saturated carbocycles. The number of rotatable bonds is 17. The van der Waals surface area contributed by atoms with Gasteiger partial charge in [-0.15, -0.1) is 0 Å². The number of ether oxygens (including phenoxy) is 1. The van der Waals surface area contributed by atoms with E-state index in [1.54, 1.807) is 5.57 Å². The van der Waals surface area contributed by atoms with Gasteiger partial charge in [-0.3, -0.25) is 0 Å². The number of hydrogen-bond donors (Lipinski definition) is 2. The second-order valence-corrected chi connectivity index (χ2v) is 19.8. The molecular formula is C43H79N3O2. The van der Waals surface area contributed by atoms with Crippen LogP contribution in [-0.4, -0.2) is 41.3 Å². The Morgan fingerprint density at radius 2 is 1.54 bits per heavy atom. The van der Waals surface area contributed by atoms with Crippen molar-refractivity contribution in [3.63, 3.8) is 0 Å². The first-order chi connectivity index (χ1) is 22.4. The van der Waals surface area contributed by atoms with E-state index in [1.165, 1.54) is 70.6 Å². The Kier molecular flexibility index (Phi) is 13.7. The SMILES string of the molecule is CC(C)CCC[C@@H](C)[C@H]1CC[C@H]2[C@@H]3CC=C4C[C@@H](OC(=O)N(CCCCCCCC(C)(C)N)CCC(C)(C)N)CC[C@]4(C)C3CC[C@]12C. The van der Waals surface area contributed by atoms with E-state index in [2.05, 4.69) is 54.5 Å². The Labute approximate surface area is 297 Å². The molecule has 0 aliphatic heterocycles. The topological polar surface area (TPSA) is 81.6 Å². The van der Waals surface area contributed by atoms with Gasteiger partial charge in [-0.2, -0.15) is 0 Å². The molecule has 0 bridgehead atoms. The number of unbranched alkanes of at least 4 members (excludes halogenated alkanes) is 4. The molecule has 4 aliphatic rings. The summed E-state index contributed by atoms with van der Waals surface area (Å²) in [6, 6.07) is 0. The van der Waals surface area contributed by atoms with E-state index in [9.17, 15) is 4.79 Å². The van der Waals surface area contributed by atoms with E-state index >= 15 is 0 Å². The number of nitrogens with two attached hydrogens (primary N) is 2. The lowest BCUT2D eigenvalue weighted by atomic mass is 9.47. The summed E-state index contributed by atoms with van der Waals surface area (Å²) < 4.78 is 6.35. The number of amides is 1. The normalized spacial score (nSPS) is 32.7. The highest BCUT2D eigenvalue weighted by Crippen LogP contribution is 2.67. The highest BCUT2D eigenvalue weighted by Gasteiger charge is 2.59. The molecule has 4 rings (SSSR count). The average Bonchev–Trinajstić information content (AvgIpc) is 3.34. The van der Waals surface area contributed by atoms with Gasteiger partial charge >= 0.3 is 6.09 Å². The number of hydrogen-bond acceptors (Lipinski definition) is 4. The highest BCUT2D eigenvalue weighted by atomic mass is 16.6. The van der Waals surface area contributed by atoms with Crippen molar-refractivity contribution in [3.05, 3.63) is 11.6 Å². The number of carbonyl (C=O) groups is 1. The molecule has 0 heterocycles. The lowest BCUT2D eigenvalue weighted by Crippen LogP contribution is -2.51. The Hall–Kier alpha value is -1.07. The molecule has 0 aromatic carbocycles. The quantitative estimate of drug-likeness (QED) is 0.119. The molecule has 0 aromatic heterocycles. The third-order valence-corrected chi connectivity index (χ3v) is 14.1. The van der Waals surface area contributed by atoms with Crippen LogP contribution in [0.5, 0.6) is 0 Å². The van der Waals surface area contributed by atoms with Gasteiger partial charge in [0.25, 0.3) is 0 Å². The molecule has 1 amide bonds. The zero-order chi connectivity index (χ0) is 35.3. The number of carbonyl (C=O) groups excluding carboxylic acids is 1. The van der Waals surface area contributed by atoms with Crippen LogP contribution in [0.4, 0.5) is 4.79 Å². The van der Waals surface area contributed by atoms with Gasteiger partial charge in [0.15, 0.2) is 0 Å². The van der Waals surface area contributed by atoms with Crippen molar-refractivity contribution in [1.29, 1.82) is 0 Å². The molecular weight excluding hydrogens is 590 g/mol. The molecule has 0 radical (unpaired) electrons. The smallest absolute Gasteiger partial charge is 0.410 e. The minimum atomic E-state index is -0.301. The minimum Gasteiger partial charge on any atom is -0.446 e. The van der Waals surface area contributed by atoms with E-state index in [0.717, 1.165) is 87.0 Å². The fourth-order valence-corrected chi connectivity index (χ4v) is 11.1. The number of allylic oxidation sites excluding steroid dienone is 1. The third kappa shape index (κ3) is 10.3. The minimum absolute atomic E-state index is 0.00205. The van der Waals surface area contributed by atoms with E-state index < -0.39 is 0 Å². The lowest BCUT2D eigenvalue weighted by molar-refractivity contribution is -0.0594. The molecule has 0 spiro atoms. The van der Waals surface area contributed by atoms with Crippen LogP contribution in [0.15, 0.2) is 11.6 Å². The lowest BCUT2D eigenvalue weighted by Gasteiger charge is -2.58. The fourth-order valence-electron chi connectivity index (χ4n) is 11.1. The molecule has 5 nitrogen and oxygen atoms in total. The van der Waals surface area contributed by atoms with Crippen LogP contribution in [-0.2, 0) is 4.74 Å².